The molecule has 20 heavy (non-hydrogen) atoms. The van der Waals surface area contributed by atoms with Gasteiger partial charge in [0.25, 0.3) is 0 Å². The molecular formula is C13H18ClN3O3. The van der Waals surface area contributed by atoms with Gasteiger partial charge in [0.2, 0.25) is 5.91 Å². The van der Waals surface area contributed by atoms with Crippen molar-refractivity contribution in [3.8, 4) is 0 Å². The number of hydrogen-bond donors (Lipinski definition) is 2. The number of aromatic nitrogens is 2. The molecule has 1 atom stereocenters. The summed E-state index contributed by atoms with van der Waals surface area (Å²) in [4.78, 5) is 22.6. The van der Waals surface area contributed by atoms with Crippen LogP contribution in [0.1, 0.15) is 31.0 Å². The maximum atomic E-state index is 11.7. The van der Waals surface area contributed by atoms with E-state index in [0.29, 0.717) is 29.3 Å². The summed E-state index contributed by atoms with van der Waals surface area (Å²) in [6.07, 6.45) is 3.86. The van der Waals surface area contributed by atoms with Gasteiger partial charge in [-0.3, -0.25) is 9.48 Å². The number of hydrogen-bond acceptors (Lipinski definition) is 3. The Morgan fingerprint density at radius 2 is 2.20 bits per heavy atom. The lowest BCUT2D eigenvalue weighted by atomic mass is 10.1. The van der Waals surface area contributed by atoms with Gasteiger partial charge in [0, 0.05) is 18.7 Å². The molecule has 1 rings (SSSR count). The number of nitrogens with one attached hydrogen (secondary N) is 1. The summed E-state index contributed by atoms with van der Waals surface area (Å²) in [6, 6.07) is -0.873. The lowest BCUT2D eigenvalue weighted by Gasteiger charge is -2.11. The van der Waals surface area contributed by atoms with Gasteiger partial charge in [-0.15, -0.1) is 0 Å². The predicted octanol–water partition coefficient (Wildman–Crippen LogP) is 1.76. The number of nitrogens with zero attached hydrogens (tertiary/aromatic N) is 2. The van der Waals surface area contributed by atoms with E-state index in [1.165, 1.54) is 16.8 Å². The third-order valence-corrected chi connectivity index (χ3v) is 3.24. The van der Waals surface area contributed by atoms with E-state index in [1.54, 1.807) is 14.0 Å². The normalized spacial score (nSPS) is 12.6. The first kappa shape index (κ1) is 16.2. The quantitative estimate of drug-likeness (QED) is 0.784. The third kappa shape index (κ3) is 4.09. The highest BCUT2D eigenvalue weighted by Crippen LogP contribution is 2.19. The summed E-state index contributed by atoms with van der Waals surface area (Å²) in [5, 5.41) is 15.9. The highest BCUT2D eigenvalue weighted by Gasteiger charge is 2.17. The number of rotatable bonds is 6. The molecule has 0 fully saturated rings. The van der Waals surface area contributed by atoms with Crippen molar-refractivity contribution in [2.24, 2.45) is 7.05 Å². The Kier molecular flexibility index (Phi) is 5.76. The number of halogens is 1. The first-order valence-electron chi connectivity index (χ1n) is 6.27. The Labute approximate surface area is 122 Å². The maximum Gasteiger partial charge on any atom is 0.326 e. The van der Waals surface area contributed by atoms with Gasteiger partial charge in [-0.1, -0.05) is 24.9 Å². The lowest BCUT2D eigenvalue weighted by molar-refractivity contribution is -0.141. The van der Waals surface area contributed by atoms with Crippen molar-refractivity contribution in [2.75, 3.05) is 0 Å². The molecule has 110 valence electrons. The van der Waals surface area contributed by atoms with Crippen LogP contribution in [0.3, 0.4) is 0 Å². The molecule has 0 aromatic carbocycles. The molecule has 0 spiro atoms. The van der Waals surface area contributed by atoms with Crippen LogP contribution in [-0.4, -0.2) is 32.8 Å². The average Bonchev–Trinajstić information content (AvgIpc) is 2.60. The van der Waals surface area contributed by atoms with Crippen molar-refractivity contribution in [3.05, 3.63) is 22.5 Å². The van der Waals surface area contributed by atoms with Crippen molar-refractivity contribution in [1.29, 1.82) is 0 Å². The van der Waals surface area contributed by atoms with Crippen LogP contribution in [0.15, 0.2) is 6.08 Å². The van der Waals surface area contributed by atoms with Gasteiger partial charge >= 0.3 is 5.97 Å². The molecule has 1 amide bonds. The second kappa shape index (κ2) is 7.09. The van der Waals surface area contributed by atoms with Crippen molar-refractivity contribution >= 4 is 29.6 Å². The monoisotopic (exact) mass is 299 g/mol. The fourth-order valence-corrected chi connectivity index (χ4v) is 2.00. The lowest BCUT2D eigenvalue weighted by Crippen LogP contribution is -2.39. The molecule has 0 aliphatic carbocycles. The summed E-state index contributed by atoms with van der Waals surface area (Å²) in [6.45, 7) is 3.64. The van der Waals surface area contributed by atoms with Crippen LogP contribution < -0.4 is 5.32 Å². The Morgan fingerprint density at radius 3 is 2.65 bits per heavy atom. The first-order valence-corrected chi connectivity index (χ1v) is 6.65. The van der Waals surface area contributed by atoms with Gasteiger partial charge in [0.1, 0.15) is 11.2 Å². The van der Waals surface area contributed by atoms with E-state index in [0.717, 1.165) is 0 Å². The zero-order valence-corrected chi connectivity index (χ0v) is 12.4. The van der Waals surface area contributed by atoms with Crippen LogP contribution in [0.25, 0.3) is 6.08 Å². The number of aliphatic carboxylic acids is 1. The Hall–Kier alpha value is -1.82. The fourth-order valence-electron chi connectivity index (χ4n) is 1.76. The minimum Gasteiger partial charge on any atom is -0.480 e. The number of carbonyl (C=O) groups is 2. The number of carbonyl (C=O) groups excluding carboxylic acids is 1. The van der Waals surface area contributed by atoms with E-state index < -0.39 is 17.9 Å². The van der Waals surface area contributed by atoms with E-state index in [4.69, 9.17) is 16.7 Å². The summed E-state index contributed by atoms with van der Waals surface area (Å²) >= 11 is 6.03. The molecular weight excluding hydrogens is 282 g/mol. The van der Waals surface area contributed by atoms with Gasteiger partial charge in [0.15, 0.2) is 0 Å². The minimum absolute atomic E-state index is 0.390. The highest BCUT2D eigenvalue weighted by molar-refractivity contribution is 6.31. The van der Waals surface area contributed by atoms with Crippen LogP contribution in [0.5, 0.6) is 0 Å². The van der Waals surface area contributed by atoms with E-state index in [9.17, 15) is 9.59 Å². The molecule has 0 bridgehead atoms. The summed E-state index contributed by atoms with van der Waals surface area (Å²) in [5.74, 6) is -1.51. The zero-order valence-electron chi connectivity index (χ0n) is 11.7. The third-order valence-electron chi connectivity index (χ3n) is 2.79. The van der Waals surface area contributed by atoms with Crippen molar-refractivity contribution in [1.82, 2.24) is 15.1 Å². The maximum absolute atomic E-state index is 11.7. The van der Waals surface area contributed by atoms with Gasteiger partial charge in [-0.2, -0.15) is 5.10 Å². The van der Waals surface area contributed by atoms with E-state index in [-0.39, 0.29) is 0 Å². The molecule has 0 radical (unpaired) electrons. The van der Waals surface area contributed by atoms with E-state index in [2.05, 4.69) is 10.4 Å². The Bertz CT molecular complexity index is 537. The van der Waals surface area contributed by atoms with E-state index >= 15 is 0 Å². The molecule has 0 aliphatic rings. The molecule has 2 N–H and O–H groups in total. The Balaban J connectivity index is 2.74. The van der Waals surface area contributed by atoms with Gasteiger partial charge in [-0.05, 0) is 19.4 Å². The molecule has 0 saturated heterocycles. The standard InChI is InChI=1S/C13H18ClN3O3/c1-4-5-10(13(19)20)15-11(18)7-6-9-8(2)16-17(3)12(9)14/h6-7,10H,4-5H2,1-3H3,(H,15,18)(H,19,20)/b7-6+/t10-/m1/s1. The SMILES string of the molecule is CCC[C@@H](NC(=O)/C=C/c1c(C)nn(C)c1Cl)C(=O)O. The summed E-state index contributed by atoms with van der Waals surface area (Å²) < 4.78 is 1.51. The van der Waals surface area contributed by atoms with Crippen LogP contribution in [0.2, 0.25) is 5.15 Å². The predicted molar refractivity (Wildman–Crippen MR) is 76.5 cm³/mol. The number of amides is 1. The van der Waals surface area contributed by atoms with Gasteiger partial charge in [0.05, 0.1) is 5.69 Å². The van der Waals surface area contributed by atoms with Crippen molar-refractivity contribution in [2.45, 2.75) is 32.7 Å². The van der Waals surface area contributed by atoms with Gasteiger partial charge < -0.3 is 10.4 Å². The van der Waals surface area contributed by atoms with Crippen molar-refractivity contribution < 1.29 is 14.7 Å². The first-order chi connectivity index (χ1) is 9.36. The number of aryl methyl sites for hydroxylation is 2. The average molecular weight is 300 g/mol. The van der Waals surface area contributed by atoms with Gasteiger partial charge in [-0.25, -0.2) is 4.79 Å². The van der Waals surface area contributed by atoms with Crippen LogP contribution in [0.4, 0.5) is 0 Å². The topological polar surface area (TPSA) is 84.2 Å². The molecule has 0 aliphatic heterocycles. The smallest absolute Gasteiger partial charge is 0.326 e. The zero-order chi connectivity index (χ0) is 15.3. The van der Waals surface area contributed by atoms with Crippen LogP contribution in [-0.2, 0) is 16.6 Å². The molecule has 1 aromatic rings. The second-order valence-corrected chi connectivity index (χ2v) is 4.79. The molecule has 0 saturated carbocycles. The molecule has 6 nitrogen and oxygen atoms in total. The highest BCUT2D eigenvalue weighted by atomic mass is 35.5. The number of carboxylic acids is 1. The second-order valence-electron chi connectivity index (χ2n) is 4.43. The largest absolute Gasteiger partial charge is 0.480 e. The fraction of sp³-hybridized carbons (Fsp3) is 0.462. The minimum atomic E-state index is -1.04. The number of carboxylic acid groups (broad SMARTS) is 1. The molecule has 1 aromatic heterocycles. The Morgan fingerprint density at radius 1 is 1.55 bits per heavy atom. The van der Waals surface area contributed by atoms with Crippen molar-refractivity contribution in [3.63, 3.8) is 0 Å². The summed E-state index contributed by atoms with van der Waals surface area (Å²) in [7, 11) is 1.70. The molecule has 1 heterocycles. The molecule has 0 unspecified atom stereocenters. The molecule has 7 heteroatoms. The van der Waals surface area contributed by atoms with Crippen LogP contribution in [0, 0.1) is 6.92 Å². The van der Waals surface area contributed by atoms with E-state index in [1.807, 2.05) is 6.92 Å². The van der Waals surface area contributed by atoms with Crippen LogP contribution >= 0.6 is 11.6 Å². The summed E-state index contributed by atoms with van der Waals surface area (Å²) in [5.41, 5.74) is 1.34.